The molecular weight excluding hydrogens is 218 g/mol. The minimum absolute atomic E-state index is 0.487. The molecule has 2 nitrogen and oxygen atoms in total. The van der Waals surface area contributed by atoms with Crippen LogP contribution in [0.5, 0.6) is 0 Å². The van der Waals surface area contributed by atoms with Crippen molar-refractivity contribution in [2.24, 2.45) is 0 Å². The maximum Gasteiger partial charge on any atom is 0.0764 e. The highest BCUT2D eigenvalue weighted by Crippen LogP contribution is 2.26. The predicted molar refractivity (Wildman–Crippen MR) is 50.8 cm³/mol. The fraction of sp³-hybridized carbons (Fsp3) is 0.333. The molecular formula is C9H10BrNO. The van der Waals surface area contributed by atoms with Crippen molar-refractivity contribution in [2.75, 3.05) is 13.2 Å². The standard InChI is InChI=1S/C9H10BrNO/c10-9-4-2-1-3-8(9)7-5-11-12-6-7/h1-4,7,11H,5-6H2. The maximum atomic E-state index is 5.10. The number of halogens is 1. The number of rotatable bonds is 1. The van der Waals surface area contributed by atoms with Gasteiger partial charge in [0.2, 0.25) is 0 Å². The summed E-state index contributed by atoms with van der Waals surface area (Å²) in [5.41, 5.74) is 4.20. The molecule has 1 aromatic rings. The summed E-state index contributed by atoms with van der Waals surface area (Å²) in [6, 6.07) is 8.27. The summed E-state index contributed by atoms with van der Waals surface area (Å²) in [5.74, 6) is 0.487. The Morgan fingerprint density at radius 1 is 1.42 bits per heavy atom. The van der Waals surface area contributed by atoms with Crippen LogP contribution >= 0.6 is 15.9 Å². The van der Waals surface area contributed by atoms with Gasteiger partial charge in [-0.1, -0.05) is 34.1 Å². The molecule has 1 aromatic carbocycles. The van der Waals surface area contributed by atoms with Crippen molar-refractivity contribution < 1.29 is 4.84 Å². The molecule has 64 valence electrons. The lowest BCUT2D eigenvalue weighted by Gasteiger charge is -2.08. The van der Waals surface area contributed by atoms with Gasteiger partial charge in [0.1, 0.15) is 0 Å². The van der Waals surface area contributed by atoms with Gasteiger partial charge in [0, 0.05) is 16.9 Å². The first-order chi connectivity index (χ1) is 5.88. The lowest BCUT2D eigenvalue weighted by Crippen LogP contribution is -2.07. The first-order valence-corrected chi connectivity index (χ1v) is 4.76. The Kier molecular flexibility index (Phi) is 2.44. The molecule has 1 aliphatic rings. The van der Waals surface area contributed by atoms with Crippen LogP contribution in [0.2, 0.25) is 0 Å². The monoisotopic (exact) mass is 227 g/mol. The molecule has 3 heteroatoms. The van der Waals surface area contributed by atoms with Crippen molar-refractivity contribution in [1.82, 2.24) is 5.48 Å². The van der Waals surface area contributed by atoms with E-state index in [2.05, 4.69) is 39.6 Å². The molecule has 1 fully saturated rings. The molecule has 0 radical (unpaired) electrons. The van der Waals surface area contributed by atoms with Crippen molar-refractivity contribution in [3.8, 4) is 0 Å². The third-order valence-corrected chi connectivity index (χ3v) is 2.78. The average Bonchev–Trinajstić information content (AvgIpc) is 2.57. The largest absolute Gasteiger partial charge is 0.301 e. The molecule has 1 N–H and O–H groups in total. The van der Waals surface area contributed by atoms with Crippen LogP contribution in [0.3, 0.4) is 0 Å². The van der Waals surface area contributed by atoms with Crippen LogP contribution < -0.4 is 5.48 Å². The van der Waals surface area contributed by atoms with Crippen molar-refractivity contribution in [1.29, 1.82) is 0 Å². The summed E-state index contributed by atoms with van der Waals surface area (Å²) in [4.78, 5) is 5.10. The summed E-state index contributed by atoms with van der Waals surface area (Å²) in [6.07, 6.45) is 0. The third kappa shape index (κ3) is 1.53. The maximum absolute atomic E-state index is 5.10. The molecule has 0 aliphatic carbocycles. The van der Waals surface area contributed by atoms with Crippen LogP contribution in [0.25, 0.3) is 0 Å². The van der Waals surface area contributed by atoms with Crippen LogP contribution in [0.15, 0.2) is 28.7 Å². The van der Waals surface area contributed by atoms with Gasteiger partial charge >= 0.3 is 0 Å². The van der Waals surface area contributed by atoms with E-state index in [1.54, 1.807) is 0 Å². The second-order valence-electron chi connectivity index (χ2n) is 2.88. The molecule has 2 rings (SSSR count). The van der Waals surface area contributed by atoms with Gasteiger partial charge < -0.3 is 4.84 Å². The summed E-state index contributed by atoms with van der Waals surface area (Å²) in [7, 11) is 0. The predicted octanol–water partition coefficient (Wildman–Crippen LogP) is 2.07. The molecule has 0 aromatic heterocycles. The van der Waals surface area contributed by atoms with E-state index in [9.17, 15) is 0 Å². The van der Waals surface area contributed by atoms with Gasteiger partial charge in [-0.15, -0.1) is 0 Å². The molecule has 0 spiro atoms. The second kappa shape index (κ2) is 3.56. The van der Waals surface area contributed by atoms with E-state index < -0.39 is 0 Å². The Balaban J connectivity index is 2.26. The summed E-state index contributed by atoms with van der Waals surface area (Å²) >= 11 is 3.52. The van der Waals surface area contributed by atoms with E-state index in [1.165, 1.54) is 10.0 Å². The summed E-state index contributed by atoms with van der Waals surface area (Å²) in [5, 5.41) is 0. The number of hydrogen-bond donors (Lipinski definition) is 1. The number of benzene rings is 1. The Bertz CT molecular complexity index is 271. The molecule has 1 saturated heterocycles. The van der Waals surface area contributed by atoms with E-state index in [0.29, 0.717) is 5.92 Å². The zero-order valence-electron chi connectivity index (χ0n) is 6.59. The molecule has 0 bridgehead atoms. The van der Waals surface area contributed by atoms with E-state index >= 15 is 0 Å². The molecule has 0 saturated carbocycles. The fourth-order valence-corrected chi connectivity index (χ4v) is 1.99. The van der Waals surface area contributed by atoms with E-state index in [4.69, 9.17) is 4.84 Å². The zero-order valence-corrected chi connectivity index (χ0v) is 8.17. The molecule has 1 atom stereocenters. The highest BCUT2D eigenvalue weighted by atomic mass is 79.9. The molecule has 1 heterocycles. The van der Waals surface area contributed by atoms with Crippen LogP contribution in [0, 0.1) is 0 Å². The van der Waals surface area contributed by atoms with Gasteiger partial charge in [0.15, 0.2) is 0 Å². The van der Waals surface area contributed by atoms with E-state index in [-0.39, 0.29) is 0 Å². The average molecular weight is 228 g/mol. The normalized spacial score (nSPS) is 22.9. The highest BCUT2D eigenvalue weighted by Gasteiger charge is 2.18. The quantitative estimate of drug-likeness (QED) is 0.794. The lowest BCUT2D eigenvalue weighted by atomic mass is 10.0. The SMILES string of the molecule is Brc1ccccc1C1CNOC1. The number of nitrogens with one attached hydrogen (secondary N) is 1. The summed E-state index contributed by atoms with van der Waals surface area (Å²) in [6.45, 7) is 1.67. The molecule has 0 amide bonds. The van der Waals surface area contributed by atoms with E-state index in [0.717, 1.165) is 13.2 Å². The smallest absolute Gasteiger partial charge is 0.0764 e. The first kappa shape index (κ1) is 8.23. The van der Waals surface area contributed by atoms with Crippen molar-refractivity contribution in [3.63, 3.8) is 0 Å². The Hall–Kier alpha value is -0.380. The second-order valence-corrected chi connectivity index (χ2v) is 3.73. The zero-order chi connectivity index (χ0) is 8.39. The van der Waals surface area contributed by atoms with Crippen LogP contribution in [-0.4, -0.2) is 13.2 Å². The Morgan fingerprint density at radius 2 is 2.25 bits per heavy atom. The van der Waals surface area contributed by atoms with Gasteiger partial charge in [-0.25, -0.2) is 5.48 Å². The minimum Gasteiger partial charge on any atom is -0.301 e. The number of hydroxylamine groups is 1. The lowest BCUT2D eigenvalue weighted by molar-refractivity contribution is 0.101. The van der Waals surface area contributed by atoms with Crippen molar-refractivity contribution in [3.05, 3.63) is 34.3 Å². The topological polar surface area (TPSA) is 21.3 Å². The fourth-order valence-electron chi connectivity index (χ4n) is 1.38. The number of hydrogen-bond acceptors (Lipinski definition) is 2. The molecule has 1 unspecified atom stereocenters. The van der Waals surface area contributed by atoms with Gasteiger partial charge in [-0.2, -0.15) is 0 Å². The first-order valence-electron chi connectivity index (χ1n) is 3.97. The minimum atomic E-state index is 0.487. The Morgan fingerprint density at radius 3 is 2.92 bits per heavy atom. The third-order valence-electron chi connectivity index (χ3n) is 2.06. The van der Waals surface area contributed by atoms with Gasteiger partial charge in [0.05, 0.1) is 6.61 Å². The summed E-state index contributed by atoms with van der Waals surface area (Å²) < 4.78 is 1.17. The van der Waals surface area contributed by atoms with Gasteiger partial charge in [0.25, 0.3) is 0 Å². The van der Waals surface area contributed by atoms with Crippen LogP contribution in [-0.2, 0) is 4.84 Å². The molecule has 1 aliphatic heterocycles. The van der Waals surface area contributed by atoms with Crippen molar-refractivity contribution >= 4 is 15.9 Å². The highest BCUT2D eigenvalue weighted by molar-refractivity contribution is 9.10. The van der Waals surface area contributed by atoms with Gasteiger partial charge in [-0.3, -0.25) is 0 Å². The molecule has 12 heavy (non-hydrogen) atoms. The van der Waals surface area contributed by atoms with Gasteiger partial charge in [-0.05, 0) is 11.6 Å². The van der Waals surface area contributed by atoms with E-state index in [1.807, 2.05) is 6.07 Å². The van der Waals surface area contributed by atoms with Crippen LogP contribution in [0.1, 0.15) is 11.5 Å². The Labute approximate surface area is 80.0 Å². The van der Waals surface area contributed by atoms with Crippen LogP contribution in [0.4, 0.5) is 0 Å². The van der Waals surface area contributed by atoms with Crippen molar-refractivity contribution in [2.45, 2.75) is 5.92 Å².